The standard InChI is InChI=1S/C10H17NO2/c1-6(12)10-8-4-5-9(11(10)3)13-7(8)2/h7-10H,4-5H2,1-3H3. The Morgan fingerprint density at radius 3 is 2.62 bits per heavy atom. The largest absolute Gasteiger partial charge is 0.360 e. The molecular formula is C10H17NO2. The van der Waals surface area contributed by atoms with E-state index in [-0.39, 0.29) is 24.2 Å². The molecule has 13 heavy (non-hydrogen) atoms. The molecular weight excluding hydrogens is 166 g/mol. The molecule has 3 nitrogen and oxygen atoms in total. The van der Waals surface area contributed by atoms with Gasteiger partial charge in [0.05, 0.1) is 12.1 Å². The van der Waals surface area contributed by atoms with Gasteiger partial charge in [-0.15, -0.1) is 0 Å². The van der Waals surface area contributed by atoms with Crippen LogP contribution in [0.25, 0.3) is 0 Å². The van der Waals surface area contributed by atoms with Gasteiger partial charge in [0, 0.05) is 5.92 Å². The fraction of sp³-hybridized carbons (Fsp3) is 0.900. The zero-order valence-electron chi connectivity index (χ0n) is 8.49. The van der Waals surface area contributed by atoms with Crippen molar-refractivity contribution in [3.05, 3.63) is 0 Å². The average molecular weight is 183 g/mol. The molecule has 0 N–H and O–H groups in total. The monoisotopic (exact) mass is 183 g/mol. The number of hydrogen-bond donors (Lipinski definition) is 0. The van der Waals surface area contributed by atoms with Crippen LogP contribution < -0.4 is 0 Å². The summed E-state index contributed by atoms with van der Waals surface area (Å²) in [6.45, 7) is 3.77. The number of fused-ring (bicyclic) bond motifs is 3. The second-order valence-electron chi connectivity index (χ2n) is 4.26. The summed E-state index contributed by atoms with van der Waals surface area (Å²) in [4.78, 5) is 13.5. The SMILES string of the molecule is CC(=O)C1C2CCC(OC2C)N1C. The maximum atomic E-state index is 11.4. The van der Waals surface area contributed by atoms with Crippen LogP contribution in [0.15, 0.2) is 0 Å². The van der Waals surface area contributed by atoms with Crippen LogP contribution in [0.1, 0.15) is 26.7 Å². The first-order valence-electron chi connectivity index (χ1n) is 4.99. The maximum Gasteiger partial charge on any atom is 0.147 e. The predicted octanol–water partition coefficient (Wildman–Crippen LogP) is 1.03. The minimum absolute atomic E-state index is 0.0995. The lowest BCUT2D eigenvalue weighted by atomic mass is 9.80. The van der Waals surface area contributed by atoms with Crippen LogP contribution in [0.3, 0.4) is 0 Å². The average Bonchev–Trinajstić information content (AvgIpc) is 2.06. The van der Waals surface area contributed by atoms with E-state index in [1.54, 1.807) is 6.92 Å². The summed E-state index contributed by atoms with van der Waals surface area (Å²) in [5.41, 5.74) is 0. The van der Waals surface area contributed by atoms with E-state index in [0.29, 0.717) is 5.92 Å². The van der Waals surface area contributed by atoms with Gasteiger partial charge in [0.1, 0.15) is 12.0 Å². The lowest BCUT2D eigenvalue weighted by molar-refractivity contribution is -0.213. The highest BCUT2D eigenvalue weighted by Crippen LogP contribution is 2.37. The molecule has 0 aromatic carbocycles. The highest BCUT2D eigenvalue weighted by atomic mass is 16.5. The van der Waals surface area contributed by atoms with E-state index in [4.69, 9.17) is 4.74 Å². The molecule has 2 bridgehead atoms. The number of Topliss-reactive ketones (excluding diaryl/α,β-unsaturated/α-hetero) is 1. The highest BCUT2D eigenvalue weighted by molar-refractivity contribution is 5.82. The number of rotatable bonds is 1. The third kappa shape index (κ3) is 1.30. The number of piperidine rings is 1. The highest BCUT2D eigenvalue weighted by Gasteiger charge is 2.46. The van der Waals surface area contributed by atoms with E-state index < -0.39 is 0 Å². The number of carbonyl (C=O) groups excluding carboxylic acids is 1. The summed E-state index contributed by atoms with van der Waals surface area (Å²) in [6, 6.07) is 0.0995. The van der Waals surface area contributed by atoms with Crippen molar-refractivity contribution in [2.75, 3.05) is 7.05 Å². The number of likely N-dealkylation sites (N-methyl/N-ethyl adjacent to an activating group) is 1. The molecule has 0 amide bonds. The van der Waals surface area contributed by atoms with Crippen molar-refractivity contribution in [3.8, 4) is 0 Å². The smallest absolute Gasteiger partial charge is 0.147 e. The van der Waals surface area contributed by atoms with Crippen LogP contribution in [0.5, 0.6) is 0 Å². The molecule has 0 spiro atoms. The van der Waals surface area contributed by atoms with Gasteiger partial charge in [0.15, 0.2) is 0 Å². The van der Waals surface area contributed by atoms with Crippen LogP contribution in [-0.2, 0) is 9.53 Å². The van der Waals surface area contributed by atoms with Gasteiger partial charge in [0.2, 0.25) is 0 Å². The molecule has 3 heterocycles. The fourth-order valence-corrected chi connectivity index (χ4v) is 2.77. The summed E-state index contributed by atoms with van der Waals surface area (Å²) in [5, 5.41) is 0. The van der Waals surface area contributed by atoms with Crippen LogP contribution in [0.2, 0.25) is 0 Å². The molecule has 0 aromatic rings. The summed E-state index contributed by atoms with van der Waals surface area (Å²) < 4.78 is 5.75. The van der Waals surface area contributed by atoms with Crippen LogP contribution in [-0.4, -0.2) is 36.1 Å². The van der Waals surface area contributed by atoms with Crippen molar-refractivity contribution in [1.82, 2.24) is 4.90 Å². The van der Waals surface area contributed by atoms with Crippen molar-refractivity contribution in [2.45, 2.75) is 45.1 Å². The molecule has 3 heteroatoms. The molecule has 0 saturated carbocycles. The molecule has 4 unspecified atom stereocenters. The summed E-state index contributed by atoms with van der Waals surface area (Å²) in [6.07, 6.45) is 2.65. The molecule has 3 aliphatic heterocycles. The fourth-order valence-electron chi connectivity index (χ4n) is 2.77. The third-order valence-electron chi connectivity index (χ3n) is 3.44. The van der Waals surface area contributed by atoms with Gasteiger partial charge in [-0.3, -0.25) is 9.69 Å². The van der Waals surface area contributed by atoms with Crippen molar-refractivity contribution >= 4 is 5.78 Å². The molecule has 3 rings (SSSR count). The zero-order valence-corrected chi connectivity index (χ0v) is 8.49. The molecule has 0 aromatic heterocycles. The van der Waals surface area contributed by atoms with Crippen molar-refractivity contribution < 1.29 is 9.53 Å². The Labute approximate surface area is 79.0 Å². The van der Waals surface area contributed by atoms with E-state index in [1.165, 1.54) is 0 Å². The molecule has 3 fully saturated rings. The number of carbonyl (C=O) groups is 1. The van der Waals surface area contributed by atoms with E-state index in [0.717, 1.165) is 12.8 Å². The number of ketones is 1. The van der Waals surface area contributed by atoms with Gasteiger partial charge in [-0.25, -0.2) is 0 Å². The van der Waals surface area contributed by atoms with Gasteiger partial charge < -0.3 is 4.74 Å². The Balaban J connectivity index is 2.23. The van der Waals surface area contributed by atoms with Crippen LogP contribution in [0, 0.1) is 5.92 Å². The molecule has 4 atom stereocenters. The lowest BCUT2D eigenvalue weighted by Gasteiger charge is -2.51. The Morgan fingerprint density at radius 2 is 2.15 bits per heavy atom. The Morgan fingerprint density at radius 1 is 1.46 bits per heavy atom. The number of nitrogens with zero attached hydrogens (tertiary/aromatic N) is 1. The maximum absolute atomic E-state index is 11.4. The minimum atomic E-state index is 0.0995. The van der Waals surface area contributed by atoms with Crippen LogP contribution in [0.4, 0.5) is 0 Å². The van der Waals surface area contributed by atoms with Crippen molar-refractivity contribution in [1.29, 1.82) is 0 Å². The summed E-state index contributed by atoms with van der Waals surface area (Å²) in [7, 11) is 1.99. The van der Waals surface area contributed by atoms with Gasteiger partial charge in [-0.05, 0) is 33.7 Å². The quantitative estimate of drug-likeness (QED) is 0.608. The predicted molar refractivity (Wildman–Crippen MR) is 49.3 cm³/mol. The topological polar surface area (TPSA) is 29.5 Å². The third-order valence-corrected chi connectivity index (χ3v) is 3.44. The Hall–Kier alpha value is -0.410. The second-order valence-corrected chi connectivity index (χ2v) is 4.26. The first kappa shape index (κ1) is 9.16. The summed E-state index contributed by atoms with van der Waals surface area (Å²) in [5.74, 6) is 0.694. The van der Waals surface area contributed by atoms with E-state index in [2.05, 4.69) is 11.8 Å². The lowest BCUT2D eigenvalue weighted by Crippen LogP contribution is -2.61. The second kappa shape index (κ2) is 3.07. The van der Waals surface area contributed by atoms with E-state index in [9.17, 15) is 4.79 Å². The first-order chi connectivity index (χ1) is 6.11. The molecule has 3 saturated heterocycles. The molecule has 74 valence electrons. The summed E-state index contributed by atoms with van der Waals surface area (Å²) >= 11 is 0. The number of hydrogen-bond acceptors (Lipinski definition) is 3. The van der Waals surface area contributed by atoms with Crippen LogP contribution >= 0.6 is 0 Å². The van der Waals surface area contributed by atoms with Gasteiger partial charge >= 0.3 is 0 Å². The molecule has 0 radical (unpaired) electrons. The van der Waals surface area contributed by atoms with Gasteiger partial charge in [-0.2, -0.15) is 0 Å². The minimum Gasteiger partial charge on any atom is -0.360 e. The Kier molecular flexibility index (Phi) is 2.16. The zero-order chi connectivity index (χ0) is 9.59. The molecule has 3 aliphatic rings. The van der Waals surface area contributed by atoms with E-state index >= 15 is 0 Å². The van der Waals surface area contributed by atoms with E-state index in [1.807, 2.05) is 7.05 Å². The van der Waals surface area contributed by atoms with Gasteiger partial charge in [-0.1, -0.05) is 0 Å². The number of ether oxygens (including phenoxy) is 1. The van der Waals surface area contributed by atoms with Crippen molar-refractivity contribution in [2.24, 2.45) is 5.92 Å². The normalized spacial score (nSPS) is 45.2. The van der Waals surface area contributed by atoms with Gasteiger partial charge in [0.25, 0.3) is 0 Å². The molecule has 0 aliphatic carbocycles. The first-order valence-corrected chi connectivity index (χ1v) is 4.99. The van der Waals surface area contributed by atoms with Crippen molar-refractivity contribution in [3.63, 3.8) is 0 Å². The Bertz CT molecular complexity index is 229.